The van der Waals surface area contributed by atoms with Gasteiger partial charge in [0.15, 0.2) is 0 Å². The van der Waals surface area contributed by atoms with Crippen molar-refractivity contribution in [2.75, 3.05) is 12.9 Å². The van der Waals surface area contributed by atoms with Crippen molar-refractivity contribution in [2.45, 2.75) is 25.0 Å². The minimum atomic E-state index is -3.59. The monoisotopic (exact) mass is 453 g/mol. The number of sulfone groups is 1. The Morgan fingerprint density at radius 2 is 1.90 bits per heavy atom. The van der Waals surface area contributed by atoms with E-state index in [-0.39, 0.29) is 10.9 Å². The summed E-state index contributed by atoms with van der Waals surface area (Å²) in [5.74, 6) is 0.654. The lowest BCUT2D eigenvalue weighted by Gasteiger charge is -2.09. The Labute approximate surface area is 185 Å². The number of nitrogens with zero attached hydrogens (tertiary/aromatic N) is 3. The van der Waals surface area contributed by atoms with E-state index in [1.807, 2.05) is 66.4 Å². The molecule has 0 atom stereocenters. The number of ether oxygens (including phenoxy) is 1. The van der Waals surface area contributed by atoms with Crippen molar-refractivity contribution < 1.29 is 13.2 Å². The zero-order chi connectivity index (χ0) is 21.8. The van der Waals surface area contributed by atoms with Gasteiger partial charge in [-0.3, -0.25) is 4.98 Å². The van der Waals surface area contributed by atoms with E-state index in [0.29, 0.717) is 18.5 Å². The summed E-state index contributed by atoms with van der Waals surface area (Å²) < 4.78 is 33.2. The first-order chi connectivity index (χ1) is 15.0. The molecule has 31 heavy (non-hydrogen) atoms. The lowest BCUT2D eigenvalue weighted by atomic mass is 10.2. The van der Waals surface area contributed by atoms with Crippen molar-refractivity contribution >= 4 is 32.2 Å². The van der Waals surface area contributed by atoms with Gasteiger partial charge in [0.1, 0.15) is 11.3 Å². The number of hydrogen-bond acceptors (Lipinski definition) is 6. The van der Waals surface area contributed by atoms with Crippen molar-refractivity contribution in [3.63, 3.8) is 0 Å². The molecule has 3 aromatic heterocycles. The first-order valence-corrected chi connectivity index (χ1v) is 12.4. The summed E-state index contributed by atoms with van der Waals surface area (Å²) in [5.41, 5.74) is 4.50. The zero-order valence-corrected chi connectivity index (χ0v) is 19.0. The molecule has 8 heteroatoms. The highest BCUT2D eigenvalue weighted by Gasteiger charge is 2.23. The van der Waals surface area contributed by atoms with Gasteiger partial charge in [-0.1, -0.05) is 30.4 Å². The third-order valence-electron chi connectivity index (χ3n) is 4.92. The van der Waals surface area contributed by atoms with Crippen LogP contribution in [-0.2, 0) is 22.8 Å². The molecule has 0 saturated heterocycles. The van der Waals surface area contributed by atoms with Crippen molar-refractivity contribution in [1.29, 1.82) is 0 Å². The van der Waals surface area contributed by atoms with E-state index in [2.05, 4.69) is 9.97 Å². The largest absolute Gasteiger partial charge is 0.497 e. The molecule has 3 heterocycles. The first-order valence-electron chi connectivity index (χ1n) is 9.81. The van der Waals surface area contributed by atoms with Gasteiger partial charge in [0, 0.05) is 29.1 Å². The lowest BCUT2D eigenvalue weighted by Crippen LogP contribution is -2.14. The third-order valence-corrected chi connectivity index (χ3v) is 7.14. The Balaban J connectivity index is 1.55. The van der Waals surface area contributed by atoms with Crippen LogP contribution in [0.2, 0.25) is 0 Å². The van der Waals surface area contributed by atoms with E-state index < -0.39 is 9.84 Å². The molecule has 0 amide bonds. The van der Waals surface area contributed by atoms with E-state index in [4.69, 9.17) is 4.74 Å². The van der Waals surface area contributed by atoms with Crippen LogP contribution in [0.1, 0.15) is 16.8 Å². The van der Waals surface area contributed by atoms with E-state index in [0.717, 1.165) is 28.1 Å². The second kappa shape index (κ2) is 9.03. The highest BCUT2D eigenvalue weighted by molar-refractivity contribution is 7.91. The first kappa shape index (κ1) is 21.3. The van der Waals surface area contributed by atoms with Gasteiger partial charge >= 0.3 is 0 Å². The van der Waals surface area contributed by atoms with Crippen LogP contribution in [0, 0.1) is 6.92 Å². The van der Waals surface area contributed by atoms with Gasteiger partial charge in [-0.25, -0.2) is 13.4 Å². The molecule has 0 spiro atoms. The molecule has 160 valence electrons. The average Bonchev–Trinajstić information content (AvgIpc) is 3.36. The summed E-state index contributed by atoms with van der Waals surface area (Å²) in [4.78, 5) is 8.78. The number of imidazole rings is 1. The summed E-state index contributed by atoms with van der Waals surface area (Å²) in [6.45, 7) is 2.40. The Kier molecular flexibility index (Phi) is 6.20. The number of aryl methyl sites for hydroxylation is 1. The summed E-state index contributed by atoms with van der Waals surface area (Å²) in [6.07, 6.45) is 5.91. The Morgan fingerprint density at radius 1 is 1.10 bits per heavy atom. The predicted molar refractivity (Wildman–Crippen MR) is 124 cm³/mol. The van der Waals surface area contributed by atoms with Gasteiger partial charge in [0.05, 0.1) is 24.9 Å². The predicted octanol–water partition coefficient (Wildman–Crippen LogP) is 4.43. The summed E-state index contributed by atoms with van der Waals surface area (Å²) in [5, 5.41) is 3.90. The molecule has 0 fully saturated rings. The van der Waals surface area contributed by atoms with Crippen molar-refractivity contribution in [1.82, 2.24) is 14.5 Å². The minimum absolute atomic E-state index is 0.0965. The van der Waals surface area contributed by atoms with Gasteiger partial charge < -0.3 is 9.30 Å². The molecule has 4 aromatic rings. The van der Waals surface area contributed by atoms with Gasteiger partial charge in [-0.15, -0.1) is 11.3 Å². The smallest absolute Gasteiger partial charge is 0.229 e. The number of hydrogen-bond donors (Lipinski definition) is 0. The number of methoxy groups -OCH3 is 1. The maximum Gasteiger partial charge on any atom is 0.229 e. The van der Waals surface area contributed by atoms with E-state index in [1.165, 1.54) is 11.3 Å². The fourth-order valence-electron chi connectivity index (χ4n) is 3.23. The van der Waals surface area contributed by atoms with E-state index in [9.17, 15) is 8.42 Å². The van der Waals surface area contributed by atoms with Crippen molar-refractivity contribution in [3.8, 4) is 5.75 Å². The van der Waals surface area contributed by atoms with Gasteiger partial charge in [0.25, 0.3) is 0 Å². The molecule has 0 aliphatic rings. The number of benzene rings is 1. The van der Waals surface area contributed by atoms with Crippen LogP contribution in [0.15, 0.2) is 70.7 Å². The number of pyridine rings is 1. The molecule has 6 nitrogen and oxygen atoms in total. The van der Waals surface area contributed by atoms with Crippen LogP contribution >= 0.6 is 11.3 Å². The zero-order valence-electron chi connectivity index (χ0n) is 17.4. The standard InChI is InChI=1S/C23H23N3O3S2/c1-17-6-9-19(24-13-17)5-3-4-12-31(27,28)23-25-21-15-30-16-22(21)26(23)14-18-7-10-20(29-2)11-8-18/h3-4,6-11,13,15-16H,5,12,14H2,1-2H3. The molecule has 0 unspecified atom stereocenters. The van der Waals surface area contributed by atoms with Crippen LogP contribution in [0.25, 0.3) is 11.0 Å². The van der Waals surface area contributed by atoms with Crippen LogP contribution in [0.4, 0.5) is 0 Å². The highest BCUT2D eigenvalue weighted by atomic mass is 32.2. The van der Waals surface area contributed by atoms with Crippen molar-refractivity contribution in [2.24, 2.45) is 0 Å². The van der Waals surface area contributed by atoms with E-state index in [1.54, 1.807) is 17.8 Å². The molecule has 0 aliphatic carbocycles. The SMILES string of the molecule is COc1ccc(Cn2c(S(=O)(=O)CC=CCc3ccc(C)cn3)nc3cscc32)cc1. The number of allylic oxidation sites excluding steroid dienone is 1. The number of fused-ring (bicyclic) bond motifs is 1. The number of thiophene rings is 1. The molecular formula is C23H23N3O3S2. The van der Waals surface area contributed by atoms with Gasteiger partial charge in [0.2, 0.25) is 15.0 Å². The molecule has 0 aliphatic heterocycles. The summed E-state index contributed by atoms with van der Waals surface area (Å²) >= 11 is 1.51. The summed E-state index contributed by atoms with van der Waals surface area (Å²) in [6, 6.07) is 11.5. The Bertz CT molecular complexity index is 1300. The number of aromatic nitrogens is 3. The minimum Gasteiger partial charge on any atom is -0.497 e. The second-order valence-corrected chi connectivity index (χ2v) is 9.93. The van der Waals surface area contributed by atoms with Crippen LogP contribution in [0.5, 0.6) is 5.75 Å². The molecule has 0 N–H and O–H groups in total. The highest BCUT2D eigenvalue weighted by Crippen LogP contribution is 2.25. The molecule has 0 bridgehead atoms. The topological polar surface area (TPSA) is 74.1 Å². The fraction of sp³-hybridized carbons (Fsp3) is 0.217. The Morgan fingerprint density at radius 3 is 2.61 bits per heavy atom. The Hall–Kier alpha value is -2.97. The van der Waals surface area contributed by atoms with Crippen molar-refractivity contribution in [3.05, 3.63) is 82.3 Å². The quantitative estimate of drug-likeness (QED) is 0.369. The molecule has 1 aromatic carbocycles. The average molecular weight is 454 g/mol. The maximum atomic E-state index is 13.1. The van der Waals surface area contributed by atoms with Crippen LogP contribution in [0.3, 0.4) is 0 Å². The third kappa shape index (κ3) is 4.86. The normalized spacial score (nSPS) is 12.1. The number of rotatable bonds is 8. The molecule has 4 rings (SSSR count). The van der Waals surface area contributed by atoms with E-state index >= 15 is 0 Å². The van der Waals surface area contributed by atoms with Gasteiger partial charge in [-0.2, -0.15) is 0 Å². The van der Waals surface area contributed by atoms with Gasteiger partial charge in [-0.05, 0) is 36.2 Å². The van der Waals surface area contributed by atoms with Crippen LogP contribution < -0.4 is 4.74 Å². The summed E-state index contributed by atoms with van der Waals surface area (Å²) in [7, 11) is -1.97. The van der Waals surface area contributed by atoms with Crippen LogP contribution in [-0.4, -0.2) is 35.8 Å². The molecule has 0 radical (unpaired) electrons. The maximum absolute atomic E-state index is 13.1. The molecule has 0 saturated carbocycles. The molecular weight excluding hydrogens is 430 g/mol. The fourth-order valence-corrected chi connectivity index (χ4v) is 5.25. The second-order valence-electron chi connectivity index (χ2n) is 7.25. The lowest BCUT2D eigenvalue weighted by molar-refractivity contribution is 0.414.